The summed E-state index contributed by atoms with van der Waals surface area (Å²) in [6, 6.07) is 14.6. The largest absolute Gasteiger partial charge is 0.368 e. The Morgan fingerprint density at radius 2 is 1.58 bits per heavy atom. The molecule has 2 heterocycles. The molecule has 24 heavy (non-hydrogen) atoms. The normalized spacial score (nSPS) is 15.1. The maximum absolute atomic E-state index is 13.1. The van der Waals surface area contributed by atoms with Gasteiger partial charge in [0.05, 0.1) is 5.52 Å². The number of rotatable bonds is 2. The zero-order valence-electron chi connectivity index (χ0n) is 13.1. The fourth-order valence-corrected chi connectivity index (χ4v) is 3.41. The van der Waals surface area contributed by atoms with Crippen molar-refractivity contribution in [3.63, 3.8) is 0 Å². The average Bonchev–Trinajstić information content (AvgIpc) is 2.62. The Kier molecular flexibility index (Phi) is 3.98. The third-order valence-electron chi connectivity index (χ3n) is 4.49. The third kappa shape index (κ3) is 2.89. The molecule has 1 aliphatic rings. The van der Waals surface area contributed by atoms with E-state index >= 15 is 0 Å². The Bertz CT molecular complexity index is 858. The van der Waals surface area contributed by atoms with Gasteiger partial charge in [0.15, 0.2) is 0 Å². The molecular formula is C19H17ClFN3. The van der Waals surface area contributed by atoms with E-state index in [2.05, 4.69) is 14.8 Å². The first kappa shape index (κ1) is 15.2. The van der Waals surface area contributed by atoms with E-state index in [0.29, 0.717) is 0 Å². The highest BCUT2D eigenvalue weighted by molar-refractivity contribution is 6.31. The molecule has 2 aromatic carbocycles. The molecule has 3 nitrogen and oxygen atoms in total. The van der Waals surface area contributed by atoms with Crippen LogP contribution >= 0.6 is 11.6 Å². The fraction of sp³-hybridized carbons (Fsp3) is 0.211. The molecule has 0 spiro atoms. The van der Waals surface area contributed by atoms with E-state index in [1.807, 2.05) is 42.6 Å². The van der Waals surface area contributed by atoms with Crippen LogP contribution in [0.3, 0.4) is 0 Å². The number of hydrogen-bond donors (Lipinski definition) is 0. The quantitative estimate of drug-likeness (QED) is 0.690. The smallest absolute Gasteiger partial charge is 0.123 e. The minimum Gasteiger partial charge on any atom is -0.368 e. The number of aromatic nitrogens is 1. The van der Waals surface area contributed by atoms with E-state index in [4.69, 9.17) is 11.6 Å². The van der Waals surface area contributed by atoms with Gasteiger partial charge >= 0.3 is 0 Å². The van der Waals surface area contributed by atoms with E-state index in [1.54, 1.807) is 0 Å². The van der Waals surface area contributed by atoms with Crippen molar-refractivity contribution in [1.82, 2.24) is 4.98 Å². The molecule has 1 fully saturated rings. The van der Waals surface area contributed by atoms with E-state index < -0.39 is 0 Å². The Morgan fingerprint density at radius 3 is 2.33 bits per heavy atom. The topological polar surface area (TPSA) is 19.4 Å². The number of halogens is 2. The number of hydrogen-bond acceptors (Lipinski definition) is 3. The molecule has 0 atom stereocenters. The summed E-state index contributed by atoms with van der Waals surface area (Å²) in [5, 5.41) is 1.81. The molecule has 5 heteroatoms. The Labute approximate surface area is 145 Å². The Morgan fingerprint density at radius 1 is 0.875 bits per heavy atom. The molecule has 0 unspecified atom stereocenters. The number of benzene rings is 2. The van der Waals surface area contributed by atoms with Crippen LogP contribution in [-0.4, -0.2) is 31.2 Å². The highest BCUT2D eigenvalue weighted by Crippen LogP contribution is 2.29. The van der Waals surface area contributed by atoms with Crippen molar-refractivity contribution in [2.75, 3.05) is 36.0 Å². The summed E-state index contributed by atoms with van der Waals surface area (Å²) < 4.78 is 13.1. The molecule has 0 radical (unpaired) electrons. The van der Waals surface area contributed by atoms with Gasteiger partial charge in [0.1, 0.15) is 5.82 Å². The number of pyridine rings is 1. The summed E-state index contributed by atoms with van der Waals surface area (Å²) in [5.74, 6) is -0.197. The van der Waals surface area contributed by atoms with Crippen molar-refractivity contribution in [2.24, 2.45) is 0 Å². The third-order valence-corrected chi connectivity index (χ3v) is 4.73. The molecular weight excluding hydrogens is 325 g/mol. The number of fused-ring (bicyclic) bond motifs is 1. The van der Waals surface area contributed by atoms with Crippen LogP contribution in [-0.2, 0) is 0 Å². The fourth-order valence-electron chi connectivity index (χ4n) is 3.24. The number of anilines is 2. The van der Waals surface area contributed by atoms with Crippen LogP contribution in [0.5, 0.6) is 0 Å². The second-order valence-corrected chi connectivity index (χ2v) is 6.38. The van der Waals surface area contributed by atoms with Crippen LogP contribution < -0.4 is 9.80 Å². The van der Waals surface area contributed by atoms with Crippen LogP contribution in [0.1, 0.15) is 0 Å². The molecule has 0 bridgehead atoms. The monoisotopic (exact) mass is 341 g/mol. The van der Waals surface area contributed by atoms with Gasteiger partial charge in [-0.2, -0.15) is 0 Å². The van der Waals surface area contributed by atoms with Crippen LogP contribution in [0, 0.1) is 5.82 Å². The molecule has 0 saturated carbocycles. The van der Waals surface area contributed by atoms with Crippen molar-refractivity contribution >= 4 is 33.9 Å². The van der Waals surface area contributed by atoms with Gasteiger partial charge in [-0.3, -0.25) is 4.98 Å². The minimum absolute atomic E-state index is 0.197. The van der Waals surface area contributed by atoms with Crippen LogP contribution in [0.4, 0.5) is 15.8 Å². The lowest BCUT2D eigenvalue weighted by atomic mass is 10.1. The van der Waals surface area contributed by atoms with Crippen molar-refractivity contribution in [3.05, 3.63) is 65.6 Å². The molecule has 1 saturated heterocycles. The molecule has 1 aliphatic heterocycles. The molecule has 3 aromatic rings. The average molecular weight is 342 g/mol. The molecule has 0 aliphatic carbocycles. The maximum atomic E-state index is 13.1. The van der Waals surface area contributed by atoms with E-state index in [1.165, 1.54) is 17.8 Å². The van der Waals surface area contributed by atoms with Crippen molar-refractivity contribution in [3.8, 4) is 0 Å². The second-order valence-electron chi connectivity index (χ2n) is 5.94. The highest BCUT2D eigenvalue weighted by atomic mass is 35.5. The summed E-state index contributed by atoms with van der Waals surface area (Å²) in [5.41, 5.74) is 3.19. The first-order valence-corrected chi connectivity index (χ1v) is 8.38. The lowest BCUT2D eigenvalue weighted by Crippen LogP contribution is -2.46. The van der Waals surface area contributed by atoms with Crippen LogP contribution in [0.25, 0.3) is 10.9 Å². The minimum atomic E-state index is -0.197. The van der Waals surface area contributed by atoms with Gasteiger partial charge in [0.2, 0.25) is 0 Å². The SMILES string of the molecule is Fc1ccc(N2CCN(c3ccnc4ccc(Cl)cc34)CC2)cc1. The molecule has 4 rings (SSSR count). The zero-order chi connectivity index (χ0) is 16.5. The van der Waals surface area contributed by atoms with E-state index in [-0.39, 0.29) is 5.82 Å². The molecule has 0 N–H and O–H groups in total. The van der Waals surface area contributed by atoms with E-state index in [0.717, 1.165) is 47.8 Å². The molecule has 122 valence electrons. The van der Waals surface area contributed by atoms with Gasteiger partial charge in [-0.05, 0) is 48.5 Å². The highest BCUT2D eigenvalue weighted by Gasteiger charge is 2.19. The van der Waals surface area contributed by atoms with Crippen molar-refractivity contribution < 1.29 is 4.39 Å². The van der Waals surface area contributed by atoms with Gasteiger partial charge in [0.25, 0.3) is 0 Å². The summed E-state index contributed by atoms with van der Waals surface area (Å²) >= 11 is 6.16. The summed E-state index contributed by atoms with van der Waals surface area (Å²) in [7, 11) is 0. The number of piperazine rings is 1. The predicted molar refractivity (Wildman–Crippen MR) is 97.6 cm³/mol. The summed E-state index contributed by atoms with van der Waals surface area (Å²) in [4.78, 5) is 9.06. The van der Waals surface area contributed by atoms with Gasteiger partial charge in [-0.1, -0.05) is 11.6 Å². The van der Waals surface area contributed by atoms with Gasteiger partial charge in [-0.15, -0.1) is 0 Å². The van der Waals surface area contributed by atoms with Crippen molar-refractivity contribution in [2.45, 2.75) is 0 Å². The van der Waals surface area contributed by atoms with E-state index in [9.17, 15) is 4.39 Å². The Balaban J connectivity index is 1.56. The van der Waals surface area contributed by atoms with Crippen LogP contribution in [0.2, 0.25) is 5.02 Å². The zero-order valence-corrected chi connectivity index (χ0v) is 13.9. The molecule has 1 aromatic heterocycles. The van der Waals surface area contributed by atoms with Gasteiger partial charge in [-0.25, -0.2) is 4.39 Å². The predicted octanol–water partition coefficient (Wildman–Crippen LogP) is 4.35. The maximum Gasteiger partial charge on any atom is 0.123 e. The first-order chi connectivity index (χ1) is 11.7. The second kappa shape index (κ2) is 6.29. The van der Waals surface area contributed by atoms with Crippen LogP contribution in [0.15, 0.2) is 54.7 Å². The van der Waals surface area contributed by atoms with Gasteiger partial charge < -0.3 is 9.80 Å². The first-order valence-electron chi connectivity index (χ1n) is 8.00. The Hall–Kier alpha value is -2.33. The lowest BCUT2D eigenvalue weighted by Gasteiger charge is -2.37. The van der Waals surface area contributed by atoms with Crippen molar-refractivity contribution in [1.29, 1.82) is 0 Å². The summed E-state index contributed by atoms with van der Waals surface area (Å²) in [6.07, 6.45) is 1.85. The number of nitrogens with zero attached hydrogens (tertiary/aromatic N) is 3. The lowest BCUT2D eigenvalue weighted by molar-refractivity contribution is 0.625. The molecule has 0 amide bonds. The van der Waals surface area contributed by atoms with Gasteiger partial charge in [0, 0.05) is 54.2 Å². The summed E-state index contributed by atoms with van der Waals surface area (Å²) in [6.45, 7) is 3.61. The standard InChI is InChI=1S/C19H17ClFN3/c20-14-1-6-18-17(13-14)19(7-8-22-18)24-11-9-23(10-12-24)16-4-2-15(21)3-5-16/h1-8,13H,9-12H2.